The van der Waals surface area contributed by atoms with E-state index in [1.54, 1.807) is 6.92 Å². The highest BCUT2D eigenvalue weighted by atomic mass is 32.2. The predicted molar refractivity (Wildman–Crippen MR) is 69.5 cm³/mol. The van der Waals surface area contributed by atoms with E-state index >= 15 is 0 Å². The molecule has 1 aromatic heterocycles. The fraction of sp³-hybridized carbons (Fsp3) is 0.167. The van der Waals surface area contributed by atoms with Gasteiger partial charge >= 0.3 is 0 Å². The number of hydrogen-bond donors (Lipinski definition) is 2. The summed E-state index contributed by atoms with van der Waals surface area (Å²) in [5.74, 6) is 0. The first kappa shape index (κ1) is 13.5. The van der Waals surface area contributed by atoms with Crippen LogP contribution in [0.15, 0.2) is 39.1 Å². The van der Waals surface area contributed by atoms with Gasteiger partial charge < -0.3 is 10.7 Å². The van der Waals surface area contributed by atoms with E-state index < -0.39 is 6.43 Å². The van der Waals surface area contributed by atoms with Gasteiger partial charge in [-0.05, 0) is 25.1 Å². The number of nitrogens with one attached hydrogen (secondary N) is 1. The number of hydrogen-bond acceptors (Lipinski definition) is 4. The Morgan fingerprint density at radius 1 is 1.37 bits per heavy atom. The highest BCUT2D eigenvalue weighted by Gasteiger charge is 2.15. The lowest BCUT2D eigenvalue weighted by Crippen LogP contribution is -2.08. The maximum atomic E-state index is 12.9. The number of alkyl halides is 2. The molecular formula is C12H11F2N3OS. The molecule has 4 nitrogen and oxygen atoms in total. The summed E-state index contributed by atoms with van der Waals surface area (Å²) >= 11 is 0.977. The van der Waals surface area contributed by atoms with E-state index in [4.69, 9.17) is 5.73 Å². The van der Waals surface area contributed by atoms with Gasteiger partial charge in [0.25, 0.3) is 12.0 Å². The molecule has 19 heavy (non-hydrogen) atoms. The predicted octanol–water partition coefficient (Wildman–Crippen LogP) is 2.75. The standard InChI is InChI=1S/C12H11F2N3OS/c1-6-4-10(18)17-12(16-6)19-9-3-2-7(15)5-8(9)11(13)14/h2-5,11H,15H2,1H3,(H,16,17,18). The Balaban J connectivity index is 2.40. The van der Waals surface area contributed by atoms with Gasteiger partial charge in [-0.3, -0.25) is 4.79 Å². The molecule has 2 aromatic rings. The van der Waals surface area contributed by atoms with Gasteiger partial charge in [-0.2, -0.15) is 0 Å². The van der Waals surface area contributed by atoms with Gasteiger partial charge in [0.05, 0.1) is 0 Å². The molecule has 100 valence electrons. The lowest BCUT2D eigenvalue weighted by Gasteiger charge is -2.09. The number of aromatic nitrogens is 2. The average Bonchev–Trinajstić information content (AvgIpc) is 2.30. The van der Waals surface area contributed by atoms with Gasteiger partial charge in [-0.25, -0.2) is 13.8 Å². The summed E-state index contributed by atoms with van der Waals surface area (Å²) in [4.78, 5) is 18.2. The van der Waals surface area contributed by atoms with Crippen molar-refractivity contribution in [2.24, 2.45) is 0 Å². The Morgan fingerprint density at radius 2 is 2.11 bits per heavy atom. The van der Waals surface area contributed by atoms with Crippen LogP contribution in [0.2, 0.25) is 0 Å². The Kier molecular flexibility index (Phi) is 3.84. The van der Waals surface area contributed by atoms with Crippen LogP contribution >= 0.6 is 11.8 Å². The zero-order valence-electron chi connectivity index (χ0n) is 9.98. The zero-order valence-corrected chi connectivity index (χ0v) is 10.8. The molecule has 0 radical (unpaired) electrons. The van der Waals surface area contributed by atoms with Crippen LogP contribution in [-0.4, -0.2) is 9.97 Å². The van der Waals surface area contributed by atoms with Crippen molar-refractivity contribution in [1.29, 1.82) is 0 Å². The summed E-state index contributed by atoms with van der Waals surface area (Å²) in [6.45, 7) is 1.66. The molecule has 1 aromatic carbocycles. The molecule has 0 saturated carbocycles. The largest absolute Gasteiger partial charge is 0.399 e. The van der Waals surface area contributed by atoms with E-state index in [9.17, 15) is 13.6 Å². The smallest absolute Gasteiger partial charge is 0.265 e. The maximum absolute atomic E-state index is 12.9. The van der Waals surface area contributed by atoms with Crippen LogP contribution in [0.5, 0.6) is 0 Å². The van der Waals surface area contributed by atoms with Crippen molar-refractivity contribution in [2.75, 3.05) is 5.73 Å². The second-order valence-corrected chi connectivity index (χ2v) is 4.92. The number of halogens is 2. The molecule has 7 heteroatoms. The van der Waals surface area contributed by atoms with Crippen molar-refractivity contribution in [3.63, 3.8) is 0 Å². The highest BCUT2D eigenvalue weighted by Crippen LogP contribution is 2.34. The first-order valence-electron chi connectivity index (χ1n) is 5.39. The number of nitrogens with zero attached hydrogens (tertiary/aromatic N) is 1. The van der Waals surface area contributed by atoms with Crippen molar-refractivity contribution < 1.29 is 8.78 Å². The summed E-state index contributed by atoms with van der Waals surface area (Å²) in [7, 11) is 0. The number of aryl methyl sites for hydroxylation is 1. The lowest BCUT2D eigenvalue weighted by molar-refractivity contribution is 0.148. The molecule has 0 atom stereocenters. The number of benzene rings is 1. The number of H-pyrrole nitrogens is 1. The molecule has 3 N–H and O–H groups in total. The topological polar surface area (TPSA) is 71.8 Å². The molecule has 0 amide bonds. The minimum absolute atomic E-state index is 0.172. The number of anilines is 1. The monoisotopic (exact) mass is 283 g/mol. The molecule has 0 unspecified atom stereocenters. The third-order valence-electron chi connectivity index (χ3n) is 2.32. The molecule has 0 aliphatic rings. The second kappa shape index (κ2) is 5.40. The Bertz CT molecular complexity index is 658. The van der Waals surface area contributed by atoms with E-state index in [0.717, 1.165) is 11.8 Å². The SMILES string of the molecule is Cc1cc(=O)[nH]c(Sc2ccc(N)cc2C(F)F)n1. The van der Waals surface area contributed by atoms with E-state index in [-0.39, 0.29) is 22.0 Å². The van der Waals surface area contributed by atoms with Crippen molar-refractivity contribution in [1.82, 2.24) is 9.97 Å². The summed E-state index contributed by atoms with van der Waals surface area (Å²) < 4.78 is 25.8. The van der Waals surface area contributed by atoms with Gasteiger partial charge in [-0.15, -0.1) is 0 Å². The van der Waals surface area contributed by atoms with E-state index in [1.807, 2.05) is 0 Å². The highest BCUT2D eigenvalue weighted by molar-refractivity contribution is 7.99. The molecule has 0 bridgehead atoms. The van der Waals surface area contributed by atoms with Crippen LogP contribution in [0.4, 0.5) is 14.5 Å². The van der Waals surface area contributed by atoms with Crippen molar-refractivity contribution in [2.45, 2.75) is 23.4 Å². The first-order valence-corrected chi connectivity index (χ1v) is 6.21. The second-order valence-electron chi connectivity index (χ2n) is 3.89. The zero-order chi connectivity index (χ0) is 14.0. The summed E-state index contributed by atoms with van der Waals surface area (Å²) in [5, 5.41) is 0.275. The minimum atomic E-state index is -2.64. The van der Waals surface area contributed by atoms with Gasteiger partial charge in [0, 0.05) is 27.9 Å². The van der Waals surface area contributed by atoms with Gasteiger partial charge in [0.2, 0.25) is 0 Å². The van der Waals surface area contributed by atoms with E-state index in [2.05, 4.69) is 9.97 Å². The van der Waals surface area contributed by atoms with Gasteiger partial charge in [-0.1, -0.05) is 11.8 Å². The number of aromatic amines is 1. The summed E-state index contributed by atoms with van der Waals surface area (Å²) in [6.07, 6.45) is -2.64. The molecule has 0 fully saturated rings. The normalized spacial score (nSPS) is 10.9. The molecule has 1 heterocycles. The number of rotatable bonds is 3. The Morgan fingerprint density at radius 3 is 2.74 bits per heavy atom. The molecule has 0 spiro atoms. The third kappa shape index (κ3) is 3.31. The number of nitrogens with two attached hydrogens (primary N) is 1. The van der Waals surface area contributed by atoms with Crippen LogP contribution in [0.3, 0.4) is 0 Å². The Labute approximate surface area is 112 Å². The molecule has 0 aliphatic carbocycles. The van der Waals surface area contributed by atoms with Crippen LogP contribution in [0, 0.1) is 6.92 Å². The van der Waals surface area contributed by atoms with E-state index in [1.165, 1.54) is 24.3 Å². The Hall–Kier alpha value is -1.89. The quantitative estimate of drug-likeness (QED) is 0.671. The van der Waals surface area contributed by atoms with Crippen LogP contribution < -0.4 is 11.3 Å². The lowest BCUT2D eigenvalue weighted by atomic mass is 10.2. The minimum Gasteiger partial charge on any atom is -0.399 e. The summed E-state index contributed by atoms with van der Waals surface area (Å²) in [5.41, 5.74) is 5.80. The maximum Gasteiger partial charge on any atom is 0.265 e. The molecule has 2 rings (SSSR count). The molecule has 0 aliphatic heterocycles. The van der Waals surface area contributed by atoms with Crippen LogP contribution in [-0.2, 0) is 0 Å². The van der Waals surface area contributed by atoms with Gasteiger partial charge in [0.15, 0.2) is 5.16 Å². The van der Waals surface area contributed by atoms with Crippen molar-refractivity contribution in [3.05, 3.63) is 45.9 Å². The average molecular weight is 283 g/mol. The van der Waals surface area contributed by atoms with Crippen molar-refractivity contribution in [3.8, 4) is 0 Å². The molecule has 0 saturated heterocycles. The molecular weight excluding hydrogens is 272 g/mol. The fourth-order valence-electron chi connectivity index (χ4n) is 1.53. The summed E-state index contributed by atoms with van der Waals surface area (Å²) in [6, 6.07) is 5.58. The third-order valence-corrected chi connectivity index (χ3v) is 3.30. The van der Waals surface area contributed by atoms with Crippen molar-refractivity contribution >= 4 is 17.4 Å². The van der Waals surface area contributed by atoms with Crippen LogP contribution in [0.25, 0.3) is 0 Å². The van der Waals surface area contributed by atoms with E-state index in [0.29, 0.717) is 10.6 Å². The fourth-order valence-corrected chi connectivity index (χ4v) is 2.49. The van der Waals surface area contributed by atoms with Crippen LogP contribution in [0.1, 0.15) is 17.7 Å². The number of nitrogen functional groups attached to an aromatic ring is 1. The first-order chi connectivity index (χ1) is 8.95. The van der Waals surface area contributed by atoms with Gasteiger partial charge in [0.1, 0.15) is 0 Å².